The second-order valence-corrected chi connectivity index (χ2v) is 4.86. The van der Waals surface area contributed by atoms with E-state index in [4.69, 9.17) is 4.74 Å². The summed E-state index contributed by atoms with van der Waals surface area (Å²) in [5, 5.41) is 11.8. The zero-order chi connectivity index (χ0) is 15.1. The van der Waals surface area contributed by atoms with Gasteiger partial charge in [0, 0.05) is 30.0 Å². The summed E-state index contributed by atoms with van der Waals surface area (Å²) in [5.41, 5.74) is 0.101. The van der Waals surface area contributed by atoms with Gasteiger partial charge in [-0.25, -0.2) is 0 Å². The first-order valence-electron chi connectivity index (χ1n) is 6.22. The van der Waals surface area contributed by atoms with Crippen LogP contribution in [0.25, 0.3) is 0 Å². The molecule has 0 unspecified atom stereocenters. The molecule has 1 amide bonds. The van der Waals surface area contributed by atoms with Gasteiger partial charge in [-0.05, 0) is 25.5 Å². The third-order valence-electron chi connectivity index (χ3n) is 2.85. The summed E-state index contributed by atoms with van der Waals surface area (Å²) >= 11 is 3.32. The van der Waals surface area contributed by atoms with E-state index in [0.717, 1.165) is 11.8 Å². The molecule has 0 radical (unpaired) electrons. The fraction of sp³-hybridized carbons (Fsp3) is 0.462. The molecule has 20 heavy (non-hydrogen) atoms. The molecule has 1 aromatic carbocycles. The van der Waals surface area contributed by atoms with Crippen molar-refractivity contribution in [3.8, 4) is 5.75 Å². The van der Waals surface area contributed by atoms with Crippen molar-refractivity contribution < 1.29 is 14.5 Å². The number of carbonyl (C=O) groups excluding carboxylic acids is 1. The van der Waals surface area contributed by atoms with Crippen LogP contribution >= 0.6 is 15.9 Å². The molecular weight excluding hydrogens is 328 g/mol. The number of nitrogens with zero attached hydrogens (tertiary/aromatic N) is 2. The maximum absolute atomic E-state index is 12.3. The van der Waals surface area contributed by atoms with Crippen molar-refractivity contribution in [2.24, 2.45) is 0 Å². The molecule has 0 heterocycles. The molecule has 0 saturated carbocycles. The highest BCUT2D eigenvalue weighted by molar-refractivity contribution is 9.09. The molecule has 1 rings (SSSR count). The molecule has 0 aliphatic rings. The third kappa shape index (κ3) is 3.93. The maximum atomic E-state index is 12.3. The minimum absolute atomic E-state index is 0.148. The molecule has 0 saturated heterocycles. The number of benzene rings is 1. The number of methoxy groups -OCH3 is 1. The smallest absolute Gasteiger partial charge is 0.311 e. The second kappa shape index (κ2) is 7.84. The number of nitro groups is 1. The molecule has 7 heteroatoms. The van der Waals surface area contributed by atoms with Gasteiger partial charge in [-0.1, -0.05) is 15.9 Å². The molecule has 110 valence electrons. The minimum Gasteiger partial charge on any atom is -0.490 e. The van der Waals surface area contributed by atoms with E-state index < -0.39 is 4.92 Å². The molecule has 6 nitrogen and oxygen atoms in total. The summed E-state index contributed by atoms with van der Waals surface area (Å²) in [7, 11) is 1.36. The number of rotatable bonds is 7. The van der Waals surface area contributed by atoms with Crippen molar-refractivity contribution >= 4 is 27.5 Å². The van der Waals surface area contributed by atoms with Crippen LogP contribution in [0.15, 0.2) is 18.2 Å². The van der Waals surface area contributed by atoms with Gasteiger partial charge in [-0.2, -0.15) is 0 Å². The quantitative estimate of drug-likeness (QED) is 0.433. The lowest BCUT2D eigenvalue weighted by Crippen LogP contribution is -2.32. The minimum atomic E-state index is -0.551. The Kier molecular flexibility index (Phi) is 6.44. The molecule has 0 aliphatic carbocycles. The molecule has 0 aromatic heterocycles. The third-order valence-corrected chi connectivity index (χ3v) is 3.41. The van der Waals surface area contributed by atoms with E-state index in [1.807, 2.05) is 6.92 Å². The first kappa shape index (κ1) is 16.4. The van der Waals surface area contributed by atoms with E-state index in [-0.39, 0.29) is 17.3 Å². The number of amides is 1. The van der Waals surface area contributed by atoms with Crippen molar-refractivity contribution in [3.05, 3.63) is 33.9 Å². The Bertz CT molecular complexity index is 493. The topological polar surface area (TPSA) is 72.7 Å². The lowest BCUT2D eigenvalue weighted by Gasteiger charge is -2.20. The van der Waals surface area contributed by atoms with Crippen molar-refractivity contribution in [1.29, 1.82) is 0 Å². The zero-order valence-electron chi connectivity index (χ0n) is 11.5. The lowest BCUT2D eigenvalue weighted by atomic mass is 10.1. The Morgan fingerprint density at radius 1 is 1.50 bits per heavy atom. The van der Waals surface area contributed by atoms with Crippen molar-refractivity contribution in [2.75, 3.05) is 25.5 Å². The highest BCUT2D eigenvalue weighted by Gasteiger charge is 2.20. The van der Waals surface area contributed by atoms with Gasteiger partial charge in [-0.15, -0.1) is 0 Å². The van der Waals surface area contributed by atoms with Crippen molar-refractivity contribution in [3.63, 3.8) is 0 Å². The van der Waals surface area contributed by atoms with Gasteiger partial charge in [0.2, 0.25) is 0 Å². The molecule has 0 bridgehead atoms. The zero-order valence-corrected chi connectivity index (χ0v) is 13.1. The Morgan fingerprint density at radius 3 is 2.70 bits per heavy atom. The van der Waals surface area contributed by atoms with Gasteiger partial charge in [0.15, 0.2) is 5.75 Å². The van der Waals surface area contributed by atoms with Gasteiger partial charge in [0.25, 0.3) is 5.91 Å². The normalized spacial score (nSPS) is 10.2. The van der Waals surface area contributed by atoms with Gasteiger partial charge in [-0.3, -0.25) is 14.9 Å². The Balaban J connectivity index is 3.03. The number of ether oxygens (including phenoxy) is 1. The van der Waals surface area contributed by atoms with Crippen LogP contribution in [-0.4, -0.2) is 41.3 Å². The number of carbonyl (C=O) groups is 1. The summed E-state index contributed by atoms with van der Waals surface area (Å²) < 4.78 is 4.92. The molecular formula is C13H17BrN2O4. The van der Waals surface area contributed by atoms with Gasteiger partial charge in [0.05, 0.1) is 12.0 Å². The van der Waals surface area contributed by atoms with E-state index >= 15 is 0 Å². The number of alkyl halides is 1. The highest BCUT2D eigenvalue weighted by atomic mass is 79.9. The number of nitro benzene ring substituents is 1. The van der Waals surface area contributed by atoms with Crippen molar-refractivity contribution in [1.82, 2.24) is 4.90 Å². The predicted octanol–water partition coefficient (Wildman–Crippen LogP) is 2.85. The molecule has 0 aliphatic heterocycles. The first-order valence-corrected chi connectivity index (χ1v) is 7.35. The van der Waals surface area contributed by atoms with Crippen LogP contribution in [0.2, 0.25) is 0 Å². The van der Waals surface area contributed by atoms with Gasteiger partial charge >= 0.3 is 5.69 Å². The molecule has 0 atom stereocenters. The molecule has 1 aromatic rings. The van der Waals surface area contributed by atoms with Crippen LogP contribution < -0.4 is 4.74 Å². The lowest BCUT2D eigenvalue weighted by molar-refractivity contribution is -0.385. The second-order valence-electron chi connectivity index (χ2n) is 4.07. The van der Waals surface area contributed by atoms with Crippen LogP contribution in [0.3, 0.4) is 0 Å². The first-order chi connectivity index (χ1) is 9.54. The van der Waals surface area contributed by atoms with Crippen LogP contribution in [0, 0.1) is 10.1 Å². The van der Waals surface area contributed by atoms with E-state index in [9.17, 15) is 14.9 Å². The molecule has 0 N–H and O–H groups in total. The van der Waals surface area contributed by atoms with E-state index in [0.29, 0.717) is 18.7 Å². The standard InChI is InChI=1S/C13H17BrN2O4/c1-3-15(8-4-7-14)13(17)10-5-6-12(20-2)11(9-10)16(18)19/h5-6,9H,3-4,7-8H2,1-2H3. The average Bonchev–Trinajstić information content (AvgIpc) is 2.46. The average molecular weight is 345 g/mol. The summed E-state index contributed by atoms with van der Waals surface area (Å²) in [6, 6.07) is 4.26. The van der Waals surface area contributed by atoms with Gasteiger partial charge in [0.1, 0.15) is 0 Å². The number of hydrogen-bond acceptors (Lipinski definition) is 4. The summed E-state index contributed by atoms with van der Waals surface area (Å²) in [6.07, 6.45) is 0.831. The van der Waals surface area contributed by atoms with Crippen LogP contribution in [0.1, 0.15) is 23.7 Å². The Morgan fingerprint density at radius 2 is 2.20 bits per heavy atom. The molecule has 0 fully saturated rings. The SMILES string of the molecule is CCN(CCCBr)C(=O)c1ccc(OC)c([N+](=O)[O-])c1. The van der Waals surface area contributed by atoms with E-state index in [2.05, 4.69) is 15.9 Å². The van der Waals surface area contributed by atoms with E-state index in [1.54, 1.807) is 11.0 Å². The van der Waals surface area contributed by atoms with Crippen molar-refractivity contribution in [2.45, 2.75) is 13.3 Å². The largest absolute Gasteiger partial charge is 0.490 e. The number of halogens is 1. The number of hydrogen-bond donors (Lipinski definition) is 0. The Labute approximate surface area is 126 Å². The van der Waals surface area contributed by atoms with Crippen LogP contribution in [-0.2, 0) is 0 Å². The monoisotopic (exact) mass is 344 g/mol. The van der Waals surface area contributed by atoms with E-state index in [1.165, 1.54) is 19.2 Å². The Hall–Kier alpha value is -1.63. The molecule has 0 spiro atoms. The predicted molar refractivity (Wildman–Crippen MR) is 79.6 cm³/mol. The maximum Gasteiger partial charge on any atom is 0.311 e. The van der Waals surface area contributed by atoms with Gasteiger partial charge < -0.3 is 9.64 Å². The van der Waals surface area contributed by atoms with Crippen LogP contribution in [0.4, 0.5) is 5.69 Å². The van der Waals surface area contributed by atoms with Crippen LogP contribution in [0.5, 0.6) is 5.75 Å². The summed E-state index contributed by atoms with van der Waals surface area (Å²) in [6.45, 7) is 3.05. The summed E-state index contributed by atoms with van der Waals surface area (Å²) in [4.78, 5) is 24.4. The fourth-order valence-corrected chi connectivity index (χ4v) is 2.05. The fourth-order valence-electron chi connectivity index (χ4n) is 1.80. The highest BCUT2D eigenvalue weighted by Crippen LogP contribution is 2.28. The summed E-state index contributed by atoms with van der Waals surface area (Å²) in [5.74, 6) is -0.0609.